The fourth-order valence-electron chi connectivity index (χ4n) is 2.89. The molecule has 1 amide bonds. The van der Waals surface area contributed by atoms with Crippen LogP contribution in [0.4, 0.5) is 5.88 Å². The molecule has 0 spiro atoms. The van der Waals surface area contributed by atoms with Crippen LogP contribution in [0.5, 0.6) is 0 Å². The highest BCUT2D eigenvalue weighted by atomic mass is 16.4. The molecular weight excluding hydrogens is 330 g/mol. The summed E-state index contributed by atoms with van der Waals surface area (Å²) in [6.45, 7) is 1.85. The van der Waals surface area contributed by atoms with Gasteiger partial charge in [-0.25, -0.2) is 0 Å². The number of benzene rings is 2. The molecule has 0 fully saturated rings. The van der Waals surface area contributed by atoms with Crippen molar-refractivity contribution in [3.05, 3.63) is 88.5 Å². The van der Waals surface area contributed by atoms with E-state index in [4.69, 9.17) is 8.83 Å². The maximum atomic E-state index is 13.1. The minimum atomic E-state index is -0.483. The van der Waals surface area contributed by atoms with Gasteiger partial charge in [0.05, 0.1) is 17.2 Å². The van der Waals surface area contributed by atoms with Gasteiger partial charge in [0, 0.05) is 0 Å². The minimum absolute atomic E-state index is 0.101. The number of fused-ring (bicyclic) bond motifs is 1. The Balaban J connectivity index is 1.96. The number of carbonyl (C=O) groups excluding carboxylic acids is 1. The van der Waals surface area contributed by atoms with E-state index in [1.165, 1.54) is 6.26 Å². The molecule has 0 atom stereocenters. The lowest BCUT2D eigenvalue weighted by Crippen LogP contribution is -2.16. The molecule has 26 heavy (non-hydrogen) atoms. The zero-order valence-corrected chi connectivity index (χ0v) is 14.0. The summed E-state index contributed by atoms with van der Waals surface area (Å²) in [5.74, 6) is -0.246. The van der Waals surface area contributed by atoms with Crippen LogP contribution in [0.3, 0.4) is 0 Å². The Morgan fingerprint density at radius 3 is 2.50 bits per heavy atom. The van der Waals surface area contributed by atoms with Crippen LogP contribution in [0.25, 0.3) is 22.1 Å². The van der Waals surface area contributed by atoms with Gasteiger partial charge >= 0.3 is 0 Å². The van der Waals surface area contributed by atoms with Gasteiger partial charge < -0.3 is 8.83 Å². The van der Waals surface area contributed by atoms with E-state index in [1.54, 1.807) is 30.3 Å². The zero-order chi connectivity index (χ0) is 18.1. The van der Waals surface area contributed by atoms with Crippen LogP contribution in [0, 0.1) is 6.92 Å². The van der Waals surface area contributed by atoms with E-state index >= 15 is 0 Å². The zero-order valence-electron chi connectivity index (χ0n) is 14.0. The van der Waals surface area contributed by atoms with Gasteiger partial charge in [0.15, 0.2) is 5.76 Å². The van der Waals surface area contributed by atoms with Gasteiger partial charge in [-0.3, -0.25) is 14.9 Å². The van der Waals surface area contributed by atoms with Crippen LogP contribution in [0.1, 0.15) is 16.1 Å². The third kappa shape index (κ3) is 2.69. The molecule has 0 radical (unpaired) electrons. The smallest absolute Gasteiger partial charge is 0.293 e. The van der Waals surface area contributed by atoms with E-state index < -0.39 is 5.91 Å². The molecule has 4 aromatic rings. The lowest BCUT2D eigenvalue weighted by atomic mass is 10.0. The van der Waals surface area contributed by atoms with Crippen LogP contribution in [-0.2, 0) is 0 Å². The lowest BCUT2D eigenvalue weighted by molar-refractivity contribution is 0.0994. The van der Waals surface area contributed by atoms with Crippen molar-refractivity contribution in [1.29, 1.82) is 0 Å². The Morgan fingerprint density at radius 1 is 0.962 bits per heavy atom. The van der Waals surface area contributed by atoms with Crippen molar-refractivity contribution < 1.29 is 13.6 Å². The third-order valence-corrected chi connectivity index (χ3v) is 4.15. The molecule has 128 valence electrons. The number of para-hydroxylation sites is 1. The maximum Gasteiger partial charge on any atom is 0.293 e. The van der Waals surface area contributed by atoms with E-state index in [1.807, 2.05) is 37.3 Å². The van der Waals surface area contributed by atoms with Gasteiger partial charge in [-0.05, 0) is 36.2 Å². The monoisotopic (exact) mass is 345 g/mol. The molecule has 0 saturated heterocycles. The highest BCUT2D eigenvalue weighted by molar-refractivity contribution is 6.04. The maximum absolute atomic E-state index is 13.1. The second-order valence-corrected chi connectivity index (χ2v) is 5.88. The first-order chi connectivity index (χ1) is 12.6. The Bertz CT molecular complexity index is 1140. The Morgan fingerprint density at radius 2 is 1.77 bits per heavy atom. The average Bonchev–Trinajstić information content (AvgIpc) is 3.18. The van der Waals surface area contributed by atoms with Gasteiger partial charge in [-0.2, -0.15) is 0 Å². The minimum Gasteiger partial charge on any atom is -0.459 e. The topological polar surface area (TPSA) is 72.5 Å². The van der Waals surface area contributed by atoms with Gasteiger partial charge in [0.25, 0.3) is 5.91 Å². The molecule has 2 aromatic heterocycles. The van der Waals surface area contributed by atoms with E-state index in [0.29, 0.717) is 22.1 Å². The van der Waals surface area contributed by atoms with Crippen molar-refractivity contribution >= 4 is 22.8 Å². The number of aryl methyl sites for hydroxylation is 1. The fraction of sp³-hybridized carbons (Fsp3) is 0.0476. The quantitative estimate of drug-likeness (QED) is 0.588. The van der Waals surface area contributed by atoms with Crippen molar-refractivity contribution in [3.63, 3.8) is 0 Å². The van der Waals surface area contributed by atoms with E-state index in [9.17, 15) is 9.59 Å². The molecule has 5 nitrogen and oxygen atoms in total. The molecule has 2 heterocycles. The fourth-order valence-corrected chi connectivity index (χ4v) is 2.89. The molecule has 0 aliphatic carbocycles. The van der Waals surface area contributed by atoms with Gasteiger partial charge in [0.1, 0.15) is 5.58 Å². The predicted molar refractivity (Wildman–Crippen MR) is 99.3 cm³/mol. The first-order valence-electron chi connectivity index (χ1n) is 8.12. The Hall–Kier alpha value is -3.60. The van der Waals surface area contributed by atoms with Gasteiger partial charge in [-0.15, -0.1) is 0 Å². The molecule has 1 N–H and O–H groups in total. The molecule has 0 aliphatic rings. The molecule has 0 unspecified atom stereocenters. The van der Waals surface area contributed by atoms with E-state index in [0.717, 1.165) is 5.56 Å². The summed E-state index contributed by atoms with van der Waals surface area (Å²) in [7, 11) is 0. The second kappa shape index (κ2) is 6.37. The van der Waals surface area contributed by atoms with E-state index in [-0.39, 0.29) is 17.1 Å². The Kier molecular flexibility index (Phi) is 3.89. The second-order valence-electron chi connectivity index (χ2n) is 5.88. The van der Waals surface area contributed by atoms with Gasteiger partial charge in [-0.1, -0.05) is 42.5 Å². The van der Waals surface area contributed by atoms with Crippen LogP contribution in [0.2, 0.25) is 0 Å². The molecule has 4 rings (SSSR count). The van der Waals surface area contributed by atoms with Gasteiger partial charge in [0.2, 0.25) is 11.3 Å². The number of amides is 1. The van der Waals surface area contributed by atoms with Crippen molar-refractivity contribution in [2.24, 2.45) is 0 Å². The number of anilines is 1. The number of rotatable bonds is 3. The number of nitrogens with one attached hydrogen (secondary N) is 1. The van der Waals surface area contributed by atoms with Crippen LogP contribution >= 0.6 is 0 Å². The molecular formula is C21H15NO4. The highest BCUT2D eigenvalue weighted by Crippen LogP contribution is 2.30. The third-order valence-electron chi connectivity index (χ3n) is 4.15. The number of hydrogen-bond donors (Lipinski definition) is 1. The van der Waals surface area contributed by atoms with Crippen LogP contribution < -0.4 is 10.7 Å². The summed E-state index contributed by atoms with van der Waals surface area (Å²) in [6, 6.07) is 17.7. The predicted octanol–water partition coefficient (Wildman–Crippen LogP) is 4.61. The summed E-state index contributed by atoms with van der Waals surface area (Å²) < 4.78 is 11.1. The molecule has 5 heteroatoms. The van der Waals surface area contributed by atoms with Crippen LogP contribution in [-0.4, -0.2) is 5.91 Å². The molecule has 0 aliphatic heterocycles. The SMILES string of the molecule is Cc1cccc2c(=O)c(-c3ccccc3)c(NC(=O)c3ccco3)oc12. The summed E-state index contributed by atoms with van der Waals surface area (Å²) in [6.07, 6.45) is 1.41. The summed E-state index contributed by atoms with van der Waals surface area (Å²) in [5, 5.41) is 3.14. The Labute approximate surface area is 148 Å². The highest BCUT2D eigenvalue weighted by Gasteiger charge is 2.20. The van der Waals surface area contributed by atoms with Crippen molar-refractivity contribution in [3.8, 4) is 11.1 Å². The van der Waals surface area contributed by atoms with E-state index in [2.05, 4.69) is 5.32 Å². The summed E-state index contributed by atoms with van der Waals surface area (Å²) in [4.78, 5) is 25.6. The summed E-state index contributed by atoms with van der Waals surface area (Å²) >= 11 is 0. The van der Waals surface area contributed by atoms with Crippen molar-refractivity contribution in [2.45, 2.75) is 6.92 Å². The normalized spacial score (nSPS) is 10.8. The first-order valence-corrected chi connectivity index (χ1v) is 8.12. The van der Waals surface area contributed by atoms with Crippen molar-refractivity contribution in [2.75, 3.05) is 5.32 Å². The molecule has 0 saturated carbocycles. The molecule has 0 bridgehead atoms. The van der Waals surface area contributed by atoms with Crippen LogP contribution in [0.15, 0.2) is 80.6 Å². The molecule has 2 aromatic carbocycles. The number of hydrogen-bond acceptors (Lipinski definition) is 4. The summed E-state index contributed by atoms with van der Waals surface area (Å²) in [5.41, 5.74) is 2.04. The number of carbonyl (C=O) groups is 1. The standard InChI is InChI=1S/C21H15NO4/c1-13-7-5-10-15-18(23)17(14-8-3-2-4-9-14)21(26-19(13)15)22-20(24)16-11-6-12-25-16/h2-12H,1H3,(H,22,24). The number of furan rings is 1. The average molecular weight is 345 g/mol. The van der Waals surface area contributed by atoms with Crippen molar-refractivity contribution in [1.82, 2.24) is 0 Å². The lowest BCUT2D eigenvalue weighted by Gasteiger charge is -2.11. The first kappa shape index (κ1) is 15.9. The largest absolute Gasteiger partial charge is 0.459 e.